The highest BCUT2D eigenvalue weighted by Gasteiger charge is 2.20. The Hall–Kier alpha value is -1.09. The van der Waals surface area contributed by atoms with Crippen LogP contribution in [0.5, 0.6) is 5.75 Å². The standard InChI is InChI=1S/C12H18N2O/c1-10(11-3-2-6-14-9-11)15-12-4-7-13-8-5-12/h4-5,7-8,10-11,14H,2-3,6,9H2,1H3. The first-order valence-electron chi connectivity index (χ1n) is 5.63. The Balaban J connectivity index is 1.88. The van der Waals surface area contributed by atoms with Crippen LogP contribution in [0.4, 0.5) is 0 Å². The highest BCUT2D eigenvalue weighted by Crippen LogP contribution is 2.19. The third kappa shape index (κ3) is 2.93. The van der Waals surface area contributed by atoms with Gasteiger partial charge in [-0.05, 0) is 38.4 Å². The van der Waals surface area contributed by atoms with E-state index in [4.69, 9.17) is 4.74 Å². The lowest BCUT2D eigenvalue weighted by molar-refractivity contribution is 0.131. The van der Waals surface area contributed by atoms with Gasteiger partial charge in [0.05, 0.1) is 6.10 Å². The molecule has 0 aromatic carbocycles. The first-order chi connectivity index (χ1) is 7.36. The van der Waals surface area contributed by atoms with Crippen molar-refractivity contribution in [2.75, 3.05) is 13.1 Å². The van der Waals surface area contributed by atoms with E-state index in [1.54, 1.807) is 12.4 Å². The van der Waals surface area contributed by atoms with Crippen molar-refractivity contribution in [1.29, 1.82) is 0 Å². The minimum atomic E-state index is 0.278. The highest BCUT2D eigenvalue weighted by atomic mass is 16.5. The van der Waals surface area contributed by atoms with Gasteiger partial charge in [-0.1, -0.05) is 0 Å². The molecule has 2 atom stereocenters. The SMILES string of the molecule is CC(Oc1ccncc1)C1CCCNC1. The van der Waals surface area contributed by atoms with Gasteiger partial charge >= 0.3 is 0 Å². The maximum absolute atomic E-state index is 5.87. The van der Waals surface area contributed by atoms with Crippen molar-refractivity contribution in [3.05, 3.63) is 24.5 Å². The predicted molar refractivity (Wildman–Crippen MR) is 59.9 cm³/mol. The maximum Gasteiger partial charge on any atom is 0.122 e. The molecule has 0 amide bonds. The van der Waals surface area contributed by atoms with Gasteiger partial charge in [-0.2, -0.15) is 0 Å². The molecule has 0 aliphatic carbocycles. The van der Waals surface area contributed by atoms with Crippen molar-refractivity contribution in [1.82, 2.24) is 10.3 Å². The van der Waals surface area contributed by atoms with E-state index in [0.717, 1.165) is 18.8 Å². The van der Waals surface area contributed by atoms with Crippen molar-refractivity contribution < 1.29 is 4.74 Å². The third-order valence-corrected chi connectivity index (χ3v) is 2.97. The molecule has 2 unspecified atom stereocenters. The summed E-state index contributed by atoms with van der Waals surface area (Å²) in [6.07, 6.45) is 6.33. The van der Waals surface area contributed by atoms with Gasteiger partial charge in [-0.15, -0.1) is 0 Å². The molecular formula is C12H18N2O. The zero-order valence-corrected chi connectivity index (χ0v) is 9.15. The summed E-state index contributed by atoms with van der Waals surface area (Å²) in [5, 5.41) is 3.41. The second-order valence-electron chi connectivity index (χ2n) is 4.11. The summed E-state index contributed by atoms with van der Waals surface area (Å²) < 4.78 is 5.87. The largest absolute Gasteiger partial charge is 0.490 e. The third-order valence-electron chi connectivity index (χ3n) is 2.97. The van der Waals surface area contributed by atoms with Crippen LogP contribution in [0.25, 0.3) is 0 Å². The van der Waals surface area contributed by atoms with Gasteiger partial charge < -0.3 is 10.1 Å². The average molecular weight is 206 g/mol. The van der Waals surface area contributed by atoms with Gasteiger partial charge in [0.15, 0.2) is 0 Å². The van der Waals surface area contributed by atoms with Gasteiger partial charge in [0.1, 0.15) is 5.75 Å². The molecule has 1 aromatic rings. The Morgan fingerprint density at radius 3 is 2.93 bits per heavy atom. The minimum Gasteiger partial charge on any atom is -0.490 e. The van der Waals surface area contributed by atoms with Crippen molar-refractivity contribution in [3.63, 3.8) is 0 Å². The predicted octanol–water partition coefficient (Wildman–Crippen LogP) is 1.85. The molecule has 1 aliphatic heterocycles. The van der Waals surface area contributed by atoms with Crippen LogP contribution in [0, 0.1) is 5.92 Å². The number of pyridine rings is 1. The molecule has 82 valence electrons. The second kappa shape index (κ2) is 5.12. The Labute approximate surface area is 90.9 Å². The molecule has 2 heterocycles. The monoisotopic (exact) mass is 206 g/mol. The topological polar surface area (TPSA) is 34.1 Å². The van der Waals surface area contributed by atoms with E-state index in [1.807, 2.05) is 12.1 Å². The van der Waals surface area contributed by atoms with E-state index in [9.17, 15) is 0 Å². The molecule has 15 heavy (non-hydrogen) atoms. The number of ether oxygens (including phenoxy) is 1. The fourth-order valence-corrected chi connectivity index (χ4v) is 2.01. The van der Waals surface area contributed by atoms with E-state index in [1.165, 1.54) is 12.8 Å². The molecule has 0 spiro atoms. The lowest BCUT2D eigenvalue weighted by Crippen LogP contribution is -2.37. The first kappa shape index (κ1) is 10.4. The fourth-order valence-electron chi connectivity index (χ4n) is 2.01. The van der Waals surface area contributed by atoms with Gasteiger partial charge in [0, 0.05) is 24.9 Å². The maximum atomic E-state index is 5.87. The Kier molecular flexibility index (Phi) is 3.56. The normalized spacial score (nSPS) is 23.4. The van der Waals surface area contributed by atoms with Crippen LogP contribution in [-0.4, -0.2) is 24.2 Å². The van der Waals surface area contributed by atoms with Gasteiger partial charge in [0.25, 0.3) is 0 Å². The molecule has 1 aromatic heterocycles. The first-order valence-corrected chi connectivity index (χ1v) is 5.63. The van der Waals surface area contributed by atoms with Crippen molar-refractivity contribution in [3.8, 4) is 5.75 Å². The van der Waals surface area contributed by atoms with E-state index >= 15 is 0 Å². The smallest absolute Gasteiger partial charge is 0.122 e. The fraction of sp³-hybridized carbons (Fsp3) is 0.583. The van der Waals surface area contributed by atoms with E-state index < -0.39 is 0 Å². The van der Waals surface area contributed by atoms with Crippen LogP contribution >= 0.6 is 0 Å². The number of piperidine rings is 1. The summed E-state index contributed by atoms with van der Waals surface area (Å²) in [6, 6.07) is 3.82. The second-order valence-corrected chi connectivity index (χ2v) is 4.11. The number of nitrogens with one attached hydrogen (secondary N) is 1. The number of rotatable bonds is 3. The zero-order valence-electron chi connectivity index (χ0n) is 9.15. The highest BCUT2D eigenvalue weighted by molar-refractivity contribution is 5.17. The molecule has 3 nitrogen and oxygen atoms in total. The lowest BCUT2D eigenvalue weighted by Gasteiger charge is -2.28. The molecule has 1 fully saturated rings. The summed E-state index contributed by atoms with van der Waals surface area (Å²) in [5.74, 6) is 1.55. The van der Waals surface area contributed by atoms with Crippen molar-refractivity contribution >= 4 is 0 Å². The number of aromatic nitrogens is 1. The summed E-state index contributed by atoms with van der Waals surface area (Å²) in [4.78, 5) is 3.97. The molecule has 1 N–H and O–H groups in total. The molecular weight excluding hydrogens is 188 g/mol. The van der Waals surface area contributed by atoms with Crippen LogP contribution in [0.15, 0.2) is 24.5 Å². The minimum absolute atomic E-state index is 0.278. The van der Waals surface area contributed by atoms with Crippen LogP contribution in [-0.2, 0) is 0 Å². The molecule has 2 rings (SSSR count). The summed E-state index contributed by atoms with van der Waals surface area (Å²) in [7, 11) is 0. The zero-order chi connectivity index (χ0) is 10.5. The summed E-state index contributed by atoms with van der Waals surface area (Å²) >= 11 is 0. The van der Waals surface area contributed by atoms with Crippen molar-refractivity contribution in [2.45, 2.75) is 25.9 Å². The Morgan fingerprint density at radius 1 is 1.47 bits per heavy atom. The molecule has 0 saturated carbocycles. The Morgan fingerprint density at radius 2 is 2.27 bits per heavy atom. The number of hydrogen-bond donors (Lipinski definition) is 1. The van der Waals surface area contributed by atoms with Gasteiger partial charge in [-0.3, -0.25) is 4.98 Å². The molecule has 0 bridgehead atoms. The quantitative estimate of drug-likeness (QED) is 0.819. The molecule has 1 aliphatic rings. The van der Waals surface area contributed by atoms with Crippen LogP contribution in [0.2, 0.25) is 0 Å². The van der Waals surface area contributed by atoms with Gasteiger partial charge in [-0.25, -0.2) is 0 Å². The molecule has 1 saturated heterocycles. The number of hydrogen-bond acceptors (Lipinski definition) is 3. The Bertz CT molecular complexity index is 283. The van der Waals surface area contributed by atoms with E-state index in [0.29, 0.717) is 5.92 Å². The van der Waals surface area contributed by atoms with Crippen LogP contribution < -0.4 is 10.1 Å². The lowest BCUT2D eigenvalue weighted by atomic mass is 9.95. The van der Waals surface area contributed by atoms with Crippen LogP contribution in [0.1, 0.15) is 19.8 Å². The molecule has 3 heteroatoms. The number of nitrogens with zero attached hydrogens (tertiary/aromatic N) is 1. The summed E-state index contributed by atoms with van der Waals surface area (Å²) in [6.45, 7) is 4.38. The summed E-state index contributed by atoms with van der Waals surface area (Å²) in [5.41, 5.74) is 0. The molecule has 0 radical (unpaired) electrons. The van der Waals surface area contributed by atoms with Gasteiger partial charge in [0.2, 0.25) is 0 Å². The van der Waals surface area contributed by atoms with E-state index in [2.05, 4.69) is 17.2 Å². The average Bonchev–Trinajstić information content (AvgIpc) is 2.31. The van der Waals surface area contributed by atoms with Crippen molar-refractivity contribution in [2.24, 2.45) is 5.92 Å². The van der Waals surface area contributed by atoms with Crippen LogP contribution in [0.3, 0.4) is 0 Å². The van der Waals surface area contributed by atoms with E-state index in [-0.39, 0.29) is 6.10 Å².